The molecule has 3 N–H and O–H groups in total. The SMILES string of the molecule is CC.CCc1ccc(-c2ccnc(Cl)n2)cc1C.CCc1ccc(-c2ccnc(Nc3cnn(CCOC4CCCCO4)c3)n2)cc1C.Nc1cnn(CCOC2CCCCO2)c1. The highest BCUT2D eigenvalue weighted by atomic mass is 35.5. The molecule has 0 bridgehead atoms. The molecule has 338 valence electrons. The first-order chi connectivity index (χ1) is 30.8. The maximum Gasteiger partial charge on any atom is 0.227 e. The van der Waals surface area contributed by atoms with Crippen molar-refractivity contribution in [2.24, 2.45) is 0 Å². The summed E-state index contributed by atoms with van der Waals surface area (Å²) in [5, 5.41) is 12.0. The van der Waals surface area contributed by atoms with Crippen molar-refractivity contribution < 1.29 is 18.9 Å². The average molecular weight is 882 g/mol. The summed E-state index contributed by atoms with van der Waals surface area (Å²) in [5.41, 5.74) is 16.3. The minimum atomic E-state index is -0.0712. The van der Waals surface area contributed by atoms with Crippen LogP contribution in [0.1, 0.15) is 88.5 Å². The van der Waals surface area contributed by atoms with E-state index in [1.165, 1.54) is 35.1 Å². The predicted molar refractivity (Wildman–Crippen MR) is 251 cm³/mol. The van der Waals surface area contributed by atoms with Gasteiger partial charge < -0.3 is 30.0 Å². The van der Waals surface area contributed by atoms with Crippen LogP contribution in [0.3, 0.4) is 0 Å². The zero-order chi connectivity index (χ0) is 44.8. The fraction of sp³-hybridized carbons (Fsp3) is 0.458. The van der Waals surface area contributed by atoms with Crippen LogP contribution in [0, 0.1) is 13.8 Å². The van der Waals surface area contributed by atoms with Crippen molar-refractivity contribution in [2.45, 2.75) is 119 Å². The largest absolute Gasteiger partial charge is 0.396 e. The van der Waals surface area contributed by atoms with Gasteiger partial charge in [-0.05, 0) is 123 Å². The molecule has 0 saturated carbocycles. The fourth-order valence-electron chi connectivity index (χ4n) is 7.00. The van der Waals surface area contributed by atoms with E-state index >= 15 is 0 Å². The molecule has 0 radical (unpaired) electrons. The molecule has 8 rings (SSSR count). The third kappa shape index (κ3) is 16.1. The lowest BCUT2D eigenvalue weighted by molar-refractivity contribution is -0.164. The molecule has 0 aliphatic carbocycles. The molecule has 63 heavy (non-hydrogen) atoms. The van der Waals surface area contributed by atoms with E-state index in [0.717, 1.165) is 86.5 Å². The number of ether oxygens (including phenoxy) is 4. The zero-order valence-corrected chi connectivity index (χ0v) is 38.6. The molecule has 15 heteroatoms. The Bertz CT molecular complexity index is 2240. The van der Waals surface area contributed by atoms with Gasteiger partial charge in [0.1, 0.15) is 0 Å². The Morgan fingerprint density at radius 1 is 0.714 bits per heavy atom. The summed E-state index contributed by atoms with van der Waals surface area (Å²) >= 11 is 5.77. The van der Waals surface area contributed by atoms with Crippen molar-refractivity contribution in [3.63, 3.8) is 0 Å². The van der Waals surface area contributed by atoms with Gasteiger partial charge in [0.15, 0.2) is 12.6 Å². The van der Waals surface area contributed by atoms with Gasteiger partial charge >= 0.3 is 0 Å². The lowest BCUT2D eigenvalue weighted by Crippen LogP contribution is -2.24. The molecule has 2 unspecified atom stereocenters. The van der Waals surface area contributed by atoms with E-state index in [0.29, 0.717) is 31.4 Å². The molecule has 2 aromatic carbocycles. The summed E-state index contributed by atoms with van der Waals surface area (Å²) in [6.45, 7) is 16.8. The molecule has 2 aliphatic heterocycles. The quantitative estimate of drug-likeness (QED) is 0.0998. The number of aryl methyl sites for hydroxylation is 4. The van der Waals surface area contributed by atoms with E-state index in [1.54, 1.807) is 35.7 Å². The van der Waals surface area contributed by atoms with Crippen LogP contribution in [0.15, 0.2) is 85.7 Å². The first-order valence-electron chi connectivity index (χ1n) is 22.3. The molecule has 4 aromatic heterocycles. The van der Waals surface area contributed by atoms with E-state index < -0.39 is 0 Å². The summed E-state index contributed by atoms with van der Waals surface area (Å²) in [4.78, 5) is 17.1. The lowest BCUT2D eigenvalue weighted by Gasteiger charge is -2.22. The van der Waals surface area contributed by atoms with Crippen LogP contribution in [0.5, 0.6) is 0 Å². The standard InChI is InChI=1S/C23H29N5O2.C13H13ClN2.C10H17N3O2.C2H6/c1-3-18-7-8-19(14-17(18)2)21-9-10-24-23(27-21)26-20-15-25-28(16-20)11-13-30-22-6-4-5-12-29-22;1-3-10-4-5-11(8-9(10)2)12-6-7-15-13(14)16-12;11-9-7-12-13(8-9)4-6-15-10-3-1-2-5-14-10;1-2/h7-10,14-16,22H,3-6,11-13H2,1-2H3,(H,24,26,27);4-8H,3H2,1-2H3;7-8,10H,1-6,11H2;1-2H3. The normalized spacial score (nSPS) is 15.8. The van der Waals surface area contributed by atoms with Gasteiger partial charge in [0.25, 0.3) is 0 Å². The van der Waals surface area contributed by atoms with Gasteiger partial charge in [-0.1, -0.05) is 52.0 Å². The van der Waals surface area contributed by atoms with Crippen molar-refractivity contribution in [1.82, 2.24) is 39.5 Å². The Morgan fingerprint density at radius 3 is 1.75 bits per heavy atom. The van der Waals surface area contributed by atoms with Crippen LogP contribution in [0.25, 0.3) is 22.5 Å². The molecule has 0 spiro atoms. The Balaban J connectivity index is 0.000000191. The van der Waals surface area contributed by atoms with Gasteiger partial charge in [0.2, 0.25) is 11.2 Å². The summed E-state index contributed by atoms with van der Waals surface area (Å²) < 4.78 is 26.0. The molecule has 0 amide bonds. The maximum atomic E-state index is 5.78. The minimum absolute atomic E-state index is 0.0216. The lowest BCUT2D eigenvalue weighted by atomic mass is 10.0. The topological polar surface area (TPSA) is 162 Å². The number of nitrogens with zero attached hydrogens (tertiary/aromatic N) is 8. The second-order valence-electron chi connectivity index (χ2n) is 15.0. The number of rotatable bonds is 14. The Kier molecular flexibility index (Phi) is 20.4. The Morgan fingerprint density at radius 2 is 1.25 bits per heavy atom. The number of aromatic nitrogens is 8. The number of nitrogen functional groups attached to an aromatic ring is 1. The average Bonchev–Trinajstić information content (AvgIpc) is 3.95. The highest BCUT2D eigenvalue weighted by Crippen LogP contribution is 2.24. The first-order valence-corrected chi connectivity index (χ1v) is 22.7. The molecular weight excluding hydrogens is 816 g/mol. The van der Waals surface area contributed by atoms with Crippen molar-refractivity contribution in [3.05, 3.63) is 113 Å². The highest BCUT2D eigenvalue weighted by molar-refractivity contribution is 6.28. The molecule has 6 heterocycles. The third-order valence-electron chi connectivity index (χ3n) is 10.4. The van der Waals surface area contributed by atoms with Gasteiger partial charge in [0, 0.05) is 49.1 Å². The Hall–Kier alpha value is -5.25. The van der Waals surface area contributed by atoms with E-state index in [2.05, 4.69) is 99.5 Å². The number of halogens is 1. The van der Waals surface area contributed by atoms with Crippen LogP contribution < -0.4 is 11.1 Å². The van der Waals surface area contributed by atoms with Gasteiger partial charge in [0.05, 0.1) is 61.5 Å². The number of benzene rings is 2. The van der Waals surface area contributed by atoms with Gasteiger partial charge in [-0.2, -0.15) is 10.2 Å². The molecule has 2 saturated heterocycles. The first kappa shape index (κ1) is 48.8. The fourth-order valence-corrected chi connectivity index (χ4v) is 7.15. The van der Waals surface area contributed by atoms with Gasteiger partial charge in [-0.3, -0.25) is 9.36 Å². The van der Waals surface area contributed by atoms with Crippen LogP contribution in [-0.2, 0) is 44.9 Å². The van der Waals surface area contributed by atoms with Crippen LogP contribution in [-0.4, -0.2) is 78.5 Å². The van der Waals surface area contributed by atoms with Crippen molar-refractivity contribution >= 4 is 28.9 Å². The highest BCUT2D eigenvalue weighted by Gasteiger charge is 2.15. The second-order valence-corrected chi connectivity index (χ2v) is 15.3. The number of anilines is 3. The zero-order valence-electron chi connectivity index (χ0n) is 37.8. The smallest absolute Gasteiger partial charge is 0.227 e. The predicted octanol–water partition coefficient (Wildman–Crippen LogP) is 10.2. The second kappa shape index (κ2) is 26.4. The van der Waals surface area contributed by atoms with Crippen LogP contribution >= 0.6 is 11.6 Å². The molecular formula is C48H65ClN10O4. The summed E-state index contributed by atoms with van der Waals surface area (Å²) in [7, 11) is 0. The van der Waals surface area contributed by atoms with E-state index in [4.69, 9.17) is 36.3 Å². The van der Waals surface area contributed by atoms with E-state index in [1.807, 2.05) is 36.9 Å². The number of nitrogens with one attached hydrogen (secondary N) is 1. The van der Waals surface area contributed by atoms with Crippen LogP contribution in [0.2, 0.25) is 5.28 Å². The third-order valence-corrected chi connectivity index (χ3v) is 10.6. The summed E-state index contributed by atoms with van der Waals surface area (Å²) in [6.07, 6.45) is 19.2. The number of nitrogens with two attached hydrogens (primary N) is 1. The molecule has 6 aromatic rings. The Labute approximate surface area is 377 Å². The van der Waals surface area contributed by atoms with Gasteiger partial charge in [-0.15, -0.1) is 0 Å². The summed E-state index contributed by atoms with van der Waals surface area (Å²) in [6, 6.07) is 16.6. The minimum Gasteiger partial charge on any atom is -0.396 e. The molecule has 2 aliphatic rings. The summed E-state index contributed by atoms with van der Waals surface area (Å²) in [5.74, 6) is 0.552. The van der Waals surface area contributed by atoms with E-state index in [-0.39, 0.29) is 17.9 Å². The van der Waals surface area contributed by atoms with Crippen molar-refractivity contribution in [1.29, 1.82) is 0 Å². The van der Waals surface area contributed by atoms with Gasteiger partial charge in [-0.25, -0.2) is 19.9 Å². The monoisotopic (exact) mass is 880 g/mol. The molecule has 14 nitrogen and oxygen atoms in total. The van der Waals surface area contributed by atoms with E-state index in [9.17, 15) is 0 Å². The molecule has 2 fully saturated rings. The van der Waals surface area contributed by atoms with Crippen LogP contribution in [0.4, 0.5) is 17.3 Å². The molecule has 2 atom stereocenters. The number of hydrogen-bond donors (Lipinski definition) is 2. The van der Waals surface area contributed by atoms with Crippen molar-refractivity contribution in [2.75, 3.05) is 37.5 Å². The number of hydrogen-bond acceptors (Lipinski definition) is 12. The maximum absolute atomic E-state index is 5.78. The van der Waals surface area contributed by atoms with Crippen molar-refractivity contribution in [3.8, 4) is 22.5 Å².